The van der Waals surface area contributed by atoms with E-state index in [2.05, 4.69) is 10.3 Å². The van der Waals surface area contributed by atoms with Gasteiger partial charge in [0.15, 0.2) is 0 Å². The zero-order valence-corrected chi connectivity index (χ0v) is 11.0. The van der Waals surface area contributed by atoms with Crippen molar-refractivity contribution in [3.8, 4) is 0 Å². The Morgan fingerprint density at radius 2 is 2.10 bits per heavy atom. The minimum absolute atomic E-state index is 0.252. The van der Waals surface area contributed by atoms with Crippen LogP contribution in [-0.4, -0.2) is 50.8 Å². The van der Waals surface area contributed by atoms with Gasteiger partial charge in [0.2, 0.25) is 0 Å². The molecule has 8 heteroatoms. The van der Waals surface area contributed by atoms with Crippen LogP contribution in [0, 0.1) is 0 Å². The molecule has 0 saturated carbocycles. The summed E-state index contributed by atoms with van der Waals surface area (Å²) in [6.45, 7) is 4.12. The summed E-state index contributed by atoms with van der Waals surface area (Å²) in [4.78, 5) is 24.6. The number of esters is 2. The third-order valence-electron chi connectivity index (χ3n) is 4.47. The lowest BCUT2D eigenvalue weighted by molar-refractivity contribution is -0.239. The number of carbonyl (C=O) groups is 2. The second kappa shape index (κ2) is 3.57. The third kappa shape index (κ3) is 1.34. The number of rotatable bonds is 2. The molecule has 0 radical (unpaired) electrons. The summed E-state index contributed by atoms with van der Waals surface area (Å²) in [5.41, 5.74) is 0.621. The molecule has 3 fully saturated rings. The molecule has 20 heavy (non-hydrogen) atoms. The Balaban J connectivity index is 1.69. The van der Waals surface area contributed by atoms with Crippen molar-refractivity contribution in [2.75, 3.05) is 13.1 Å². The molecule has 4 heterocycles. The second-order valence-corrected chi connectivity index (χ2v) is 5.58. The highest BCUT2D eigenvalue weighted by atomic mass is 16.8. The van der Waals surface area contributed by atoms with E-state index in [1.807, 2.05) is 18.0 Å². The Hall–Kier alpha value is -1.96. The van der Waals surface area contributed by atoms with Crippen molar-refractivity contribution in [2.24, 2.45) is 0 Å². The topological polar surface area (TPSA) is 86.5 Å². The van der Waals surface area contributed by atoms with E-state index in [9.17, 15) is 9.59 Å². The van der Waals surface area contributed by atoms with Gasteiger partial charge in [-0.05, 0) is 13.3 Å². The van der Waals surface area contributed by atoms with Gasteiger partial charge >= 0.3 is 17.8 Å². The maximum atomic E-state index is 11.3. The van der Waals surface area contributed by atoms with Gasteiger partial charge in [0.1, 0.15) is 0 Å². The summed E-state index contributed by atoms with van der Waals surface area (Å²) in [6.07, 6.45) is 3.24. The molecule has 3 aliphatic rings. The molecular formula is C12H14N4O4. The van der Waals surface area contributed by atoms with Crippen LogP contribution in [0.4, 0.5) is 0 Å². The lowest BCUT2D eigenvalue weighted by atomic mass is 9.80. The fraction of sp³-hybridized carbons (Fsp3) is 0.667. The first-order valence-corrected chi connectivity index (χ1v) is 6.69. The van der Waals surface area contributed by atoms with Gasteiger partial charge in [-0.15, -0.1) is 5.10 Å². The van der Waals surface area contributed by atoms with Crippen molar-refractivity contribution >= 4 is 11.9 Å². The van der Waals surface area contributed by atoms with E-state index >= 15 is 0 Å². The number of ether oxygens (including phenoxy) is 2. The smallest absolute Gasteiger partial charge is 0.400 e. The molecular weight excluding hydrogens is 264 g/mol. The van der Waals surface area contributed by atoms with Crippen LogP contribution in [0.5, 0.6) is 0 Å². The summed E-state index contributed by atoms with van der Waals surface area (Å²) >= 11 is 0. The van der Waals surface area contributed by atoms with Crippen molar-refractivity contribution in [1.82, 2.24) is 19.9 Å². The summed E-state index contributed by atoms with van der Waals surface area (Å²) in [7, 11) is 0. The zero-order chi connectivity index (χ0) is 14.0. The molecule has 4 rings (SSSR count). The van der Waals surface area contributed by atoms with Crippen LogP contribution < -0.4 is 0 Å². The van der Waals surface area contributed by atoms with Crippen LogP contribution in [0.2, 0.25) is 0 Å². The monoisotopic (exact) mass is 278 g/mol. The van der Waals surface area contributed by atoms with Crippen molar-refractivity contribution < 1.29 is 19.1 Å². The standard InChI is InChI=1S/C12H14N4O4/c1-2-16-5-8(13-14-16)11-3-4-15(7-11)12(6-11)19-9(17)10(18)20-12/h5H,2-4,6-7H2,1H3. The van der Waals surface area contributed by atoms with Crippen LogP contribution in [0.15, 0.2) is 6.20 Å². The van der Waals surface area contributed by atoms with Crippen LogP contribution in [0.3, 0.4) is 0 Å². The number of piperidine rings is 1. The Morgan fingerprint density at radius 3 is 2.75 bits per heavy atom. The predicted molar refractivity (Wildman–Crippen MR) is 63.1 cm³/mol. The molecule has 1 spiro atoms. The maximum Gasteiger partial charge on any atom is 0.421 e. The van der Waals surface area contributed by atoms with Gasteiger partial charge in [-0.3, -0.25) is 4.68 Å². The average Bonchev–Trinajstić information content (AvgIpc) is 3.14. The van der Waals surface area contributed by atoms with E-state index in [1.165, 1.54) is 0 Å². The van der Waals surface area contributed by atoms with E-state index < -0.39 is 17.8 Å². The Kier molecular flexibility index (Phi) is 2.11. The summed E-state index contributed by atoms with van der Waals surface area (Å²) in [5, 5.41) is 8.30. The quantitative estimate of drug-likeness (QED) is 0.527. The summed E-state index contributed by atoms with van der Waals surface area (Å²) < 4.78 is 12.2. The minimum atomic E-state index is -1.22. The maximum absolute atomic E-state index is 11.3. The highest BCUT2D eigenvalue weighted by Gasteiger charge is 2.67. The van der Waals surface area contributed by atoms with Gasteiger partial charge in [0.05, 0.1) is 12.1 Å². The molecule has 3 saturated heterocycles. The summed E-state index contributed by atoms with van der Waals surface area (Å²) in [6, 6.07) is 0. The van der Waals surface area contributed by atoms with Gasteiger partial charge in [-0.2, -0.15) is 0 Å². The van der Waals surface area contributed by atoms with Crippen molar-refractivity contribution in [3.63, 3.8) is 0 Å². The first kappa shape index (κ1) is 11.8. The van der Waals surface area contributed by atoms with Crippen LogP contribution in [-0.2, 0) is 31.0 Å². The number of aromatic nitrogens is 3. The third-order valence-corrected chi connectivity index (χ3v) is 4.47. The van der Waals surface area contributed by atoms with Crippen molar-refractivity contribution in [3.05, 3.63) is 11.9 Å². The normalized spacial score (nSPS) is 33.8. The number of hydrogen-bond acceptors (Lipinski definition) is 7. The SMILES string of the molecule is CCn1cc(C23CCN(C2)C2(C3)OC(=O)C(=O)O2)nn1. The fourth-order valence-electron chi connectivity index (χ4n) is 3.44. The van der Waals surface area contributed by atoms with E-state index in [0.29, 0.717) is 19.5 Å². The lowest BCUT2D eigenvalue weighted by Crippen LogP contribution is -2.47. The second-order valence-electron chi connectivity index (χ2n) is 5.58. The van der Waals surface area contributed by atoms with Gasteiger partial charge in [-0.25, -0.2) is 14.5 Å². The molecule has 0 aliphatic carbocycles. The Morgan fingerprint density at radius 1 is 1.35 bits per heavy atom. The molecule has 2 unspecified atom stereocenters. The minimum Gasteiger partial charge on any atom is -0.400 e. The fourth-order valence-corrected chi connectivity index (χ4v) is 3.44. The molecule has 2 atom stereocenters. The molecule has 0 N–H and O–H groups in total. The van der Waals surface area contributed by atoms with Gasteiger partial charge in [0.25, 0.3) is 0 Å². The molecule has 1 aromatic heterocycles. The van der Waals surface area contributed by atoms with Crippen molar-refractivity contribution in [1.29, 1.82) is 0 Å². The molecule has 106 valence electrons. The van der Waals surface area contributed by atoms with Gasteiger partial charge in [-0.1, -0.05) is 5.21 Å². The van der Waals surface area contributed by atoms with E-state index in [0.717, 1.165) is 18.7 Å². The Bertz CT molecular complexity index is 596. The largest absolute Gasteiger partial charge is 0.421 e. The van der Waals surface area contributed by atoms with Crippen LogP contribution >= 0.6 is 0 Å². The number of carbonyl (C=O) groups excluding carboxylic acids is 2. The highest BCUT2D eigenvalue weighted by Crippen LogP contribution is 2.53. The van der Waals surface area contributed by atoms with Crippen LogP contribution in [0.25, 0.3) is 0 Å². The van der Waals surface area contributed by atoms with Gasteiger partial charge in [0, 0.05) is 31.2 Å². The van der Waals surface area contributed by atoms with Crippen LogP contribution in [0.1, 0.15) is 25.5 Å². The van der Waals surface area contributed by atoms with E-state index in [-0.39, 0.29) is 5.41 Å². The molecule has 0 aromatic carbocycles. The molecule has 1 aromatic rings. The van der Waals surface area contributed by atoms with E-state index in [1.54, 1.807) is 4.68 Å². The molecule has 8 nitrogen and oxygen atoms in total. The number of hydrogen-bond donors (Lipinski definition) is 0. The predicted octanol–water partition coefficient (Wildman–Crippen LogP) is -0.601. The number of fused-ring (bicyclic) bond motifs is 3. The lowest BCUT2D eigenvalue weighted by Gasteiger charge is -2.33. The Labute approximate surface area is 114 Å². The number of aryl methyl sites for hydroxylation is 1. The molecule has 0 amide bonds. The number of nitrogens with zero attached hydrogens (tertiary/aromatic N) is 4. The van der Waals surface area contributed by atoms with Crippen molar-refractivity contribution in [2.45, 2.75) is 37.6 Å². The van der Waals surface area contributed by atoms with E-state index in [4.69, 9.17) is 9.47 Å². The average molecular weight is 278 g/mol. The first-order chi connectivity index (χ1) is 9.57. The highest BCUT2D eigenvalue weighted by molar-refractivity contribution is 6.31. The zero-order valence-electron chi connectivity index (χ0n) is 11.0. The summed E-state index contributed by atoms with van der Waals surface area (Å²) in [5.74, 6) is -3.04. The molecule has 2 bridgehead atoms. The van der Waals surface area contributed by atoms with Gasteiger partial charge < -0.3 is 9.47 Å². The first-order valence-electron chi connectivity index (χ1n) is 6.69. The molecule has 3 aliphatic heterocycles.